The molecule has 1 aliphatic heterocycles. The predicted octanol–water partition coefficient (Wildman–Crippen LogP) is 3.21. The van der Waals surface area contributed by atoms with E-state index in [1.807, 2.05) is 39.8 Å². The van der Waals surface area contributed by atoms with Gasteiger partial charge < -0.3 is 15.4 Å². The Morgan fingerprint density at radius 1 is 1.15 bits per heavy atom. The summed E-state index contributed by atoms with van der Waals surface area (Å²) in [5.74, 6) is -0.332. The summed E-state index contributed by atoms with van der Waals surface area (Å²) in [6.45, 7) is 8.72. The Bertz CT molecular complexity index is 592. The van der Waals surface area contributed by atoms with E-state index in [9.17, 15) is 9.59 Å². The van der Waals surface area contributed by atoms with Crippen molar-refractivity contribution < 1.29 is 14.3 Å². The number of nitrogens with one attached hydrogen (secondary N) is 2. The number of amides is 2. The molecule has 0 saturated carbocycles. The fourth-order valence-corrected chi connectivity index (χ4v) is 3.18. The van der Waals surface area contributed by atoms with Crippen molar-refractivity contribution in [2.45, 2.75) is 71.6 Å². The van der Waals surface area contributed by atoms with Crippen LogP contribution in [0.2, 0.25) is 0 Å². The molecule has 1 aliphatic rings. The van der Waals surface area contributed by atoms with Gasteiger partial charge in [-0.3, -0.25) is 9.59 Å². The number of carbonyl (C=O) groups is 2. The molecule has 0 aromatic heterocycles. The third kappa shape index (κ3) is 6.13. The Kier molecular flexibility index (Phi) is 7.64. The van der Waals surface area contributed by atoms with Gasteiger partial charge in [0.1, 0.15) is 6.04 Å². The van der Waals surface area contributed by atoms with Crippen molar-refractivity contribution in [3.63, 3.8) is 0 Å². The summed E-state index contributed by atoms with van der Waals surface area (Å²) in [6, 6.07) is 6.87. The number of carbonyl (C=O) groups excluding carboxylic acids is 2. The van der Waals surface area contributed by atoms with E-state index in [1.165, 1.54) is 0 Å². The minimum absolute atomic E-state index is 0.00904. The summed E-state index contributed by atoms with van der Waals surface area (Å²) in [5, 5.41) is 5.92. The highest BCUT2D eigenvalue weighted by Gasteiger charge is 2.26. The van der Waals surface area contributed by atoms with E-state index >= 15 is 0 Å². The summed E-state index contributed by atoms with van der Waals surface area (Å²) >= 11 is 0. The molecule has 0 radical (unpaired) electrons. The average Bonchev–Trinajstić information content (AvgIpc) is 3.11. The summed E-state index contributed by atoms with van der Waals surface area (Å²) in [6.07, 6.45) is 4.42. The number of ether oxygens (including phenoxy) is 1. The predicted molar refractivity (Wildman–Crippen MR) is 103 cm³/mol. The lowest BCUT2D eigenvalue weighted by molar-refractivity contribution is -0.124. The molecule has 0 spiro atoms. The first kappa shape index (κ1) is 20.4. The van der Waals surface area contributed by atoms with Crippen molar-refractivity contribution in [3.05, 3.63) is 35.4 Å². The molecule has 5 heteroatoms. The minimum atomic E-state index is -0.547. The largest absolute Gasteiger partial charge is 0.378 e. The van der Waals surface area contributed by atoms with Gasteiger partial charge in [-0.15, -0.1) is 0 Å². The van der Waals surface area contributed by atoms with Gasteiger partial charge >= 0.3 is 0 Å². The highest BCUT2D eigenvalue weighted by atomic mass is 16.5. The van der Waals surface area contributed by atoms with Gasteiger partial charge in [0, 0.05) is 18.2 Å². The van der Waals surface area contributed by atoms with Gasteiger partial charge in [0.2, 0.25) is 5.91 Å². The Labute approximate surface area is 156 Å². The molecular weight excluding hydrogens is 328 g/mol. The highest BCUT2D eigenvalue weighted by molar-refractivity contribution is 5.97. The molecule has 2 N–H and O–H groups in total. The number of hydrogen-bond acceptors (Lipinski definition) is 3. The van der Waals surface area contributed by atoms with Gasteiger partial charge in [0.25, 0.3) is 5.91 Å². The quantitative estimate of drug-likeness (QED) is 0.748. The zero-order valence-electron chi connectivity index (χ0n) is 16.4. The molecule has 2 rings (SSSR count). The average molecular weight is 360 g/mol. The standard InChI is InChI=1S/C21H32N2O3/c1-14(2)19(23-20(24)17-10-7-15(3)8-11-17)21(25)22-16(4)9-12-18-6-5-13-26-18/h7-8,10-11,14,16,18-19H,5-6,9,12-13H2,1-4H3,(H,22,25)(H,23,24)/t16-,18+,19+/m1/s1. The van der Waals surface area contributed by atoms with Crippen molar-refractivity contribution in [2.24, 2.45) is 5.92 Å². The smallest absolute Gasteiger partial charge is 0.251 e. The first-order valence-corrected chi connectivity index (χ1v) is 9.66. The van der Waals surface area contributed by atoms with Gasteiger partial charge in [-0.1, -0.05) is 31.5 Å². The van der Waals surface area contributed by atoms with Crippen LogP contribution in [0, 0.1) is 12.8 Å². The molecule has 0 unspecified atom stereocenters. The molecule has 0 aliphatic carbocycles. The maximum absolute atomic E-state index is 12.7. The van der Waals surface area contributed by atoms with Crippen molar-refractivity contribution in [1.29, 1.82) is 0 Å². The zero-order valence-corrected chi connectivity index (χ0v) is 16.4. The molecule has 0 bridgehead atoms. The van der Waals surface area contributed by atoms with Gasteiger partial charge in [-0.25, -0.2) is 0 Å². The van der Waals surface area contributed by atoms with Crippen LogP contribution in [0.15, 0.2) is 24.3 Å². The monoisotopic (exact) mass is 360 g/mol. The summed E-state index contributed by atoms with van der Waals surface area (Å²) in [4.78, 5) is 25.1. The van der Waals surface area contributed by atoms with Gasteiger partial charge in [-0.05, 0) is 57.6 Å². The van der Waals surface area contributed by atoms with Crippen LogP contribution in [0.5, 0.6) is 0 Å². The van der Waals surface area contributed by atoms with E-state index < -0.39 is 6.04 Å². The Morgan fingerprint density at radius 3 is 2.42 bits per heavy atom. The number of rotatable bonds is 8. The van der Waals surface area contributed by atoms with E-state index in [4.69, 9.17) is 4.74 Å². The maximum Gasteiger partial charge on any atom is 0.251 e. The van der Waals surface area contributed by atoms with Crippen LogP contribution in [-0.4, -0.2) is 36.6 Å². The summed E-state index contributed by atoms with van der Waals surface area (Å²) in [5.41, 5.74) is 1.67. The second-order valence-corrected chi connectivity index (χ2v) is 7.68. The minimum Gasteiger partial charge on any atom is -0.378 e. The molecule has 26 heavy (non-hydrogen) atoms. The van der Waals surface area contributed by atoms with Crippen molar-refractivity contribution in [2.75, 3.05) is 6.61 Å². The van der Waals surface area contributed by atoms with Gasteiger partial charge in [0.15, 0.2) is 0 Å². The second-order valence-electron chi connectivity index (χ2n) is 7.68. The maximum atomic E-state index is 12.7. The second kappa shape index (κ2) is 9.72. The lowest BCUT2D eigenvalue weighted by Crippen LogP contribution is -2.51. The first-order chi connectivity index (χ1) is 12.4. The Hall–Kier alpha value is -1.88. The fourth-order valence-electron chi connectivity index (χ4n) is 3.18. The third-order valence-corrected chi connectivity index (χ3v) is 4.88. The molecule has 2 amide bonds. The van der Waals surface area contributed by atoms with E-state index in [1.54, 1.807) is 12.1 Å². The normalized spacial score (nSPS) is 19.2. The molecule has 1 aromatic rings. The SMILES string of the molecule is Cc1ccc(C(=O)N[C@H](C(=O)N[C@H](C)CC[C@@H]2CCCO2)C(C)C)cc1. The number of benzene rings is 1. The molecule has 1 fully saturated rings. The van der Waals surface area contributed by atoms with Crippen LogP contribution < -0.4 is 10.6 Å². The molecule has 1 aromatic carbocycles. The van der Waals surface area contributed by atoms with Crippen LogP contribution in [0.1, 0.15) is 62.4 Å². The van der Waals surface area contributed by atoms with Gasteiger partial charge in [-0.2, -0.15) is 0 Å². The van der Waals surface area contributed by atoms with Crippen LogP contribution in [-0.2, 0) is 9.53 Å². The topological polar surface area (TPSA) is 67.4 Å². The first-order valence-electron chi connectivity index (χ1n) is 9.66. The fraction of sp³-hybridized carbons (Fsp3) is 0.619. The summed E-state index contributed by atoms with van der Waals surface area (Å²) in [7, 11) is 0. The Morgan fingerprint density at radius 2 is 1.85 bits per heavy atom. The molecule has 1 saturated heterocycles. The molecule has 5 nitrogen and oxygen atoms in total. The van der Waals surface area contributed by atoms with E-state index in [0.717, 1.165) is 37.9 Å². The van der Waals surface area contributed by atoms with Crippen LogP contribution in [0.3, 0.4) is 0 Å². The molecular formula is C21H32N2O3. The number of hydrogen-bond donors (Lipinski definition) is 2. The summed E-state index contributed by atoms with van der Waals surface area (Å²) < 4.78 is 5.63. The van der Waals surface area contributed by atoms with E-state index in [-0.39, 0.29) is 23.8 Å². The van der Waals surface area contributed by atoms with Gasteiger partial charge in [0.05, 0.1) is 6.10 Å². The molecule has 3 atom stereocenters. The van der Waals surface area contributed by atoms with Crippen molar-refractivity contribution in [1.82, 2.24) is 10.6 Å². The van der Waals surface area contributed by atoms with Crippen molar-refractivity contribution in [3.8, 4) is 0 Å². The lowest BCUT2D eigenvalue weighted by Gasteiger charge is -2.24. The highest BCUT2D eigenvalue weighted by Crippen LogP contribution is 2.17. The van der Waals surface area contributed by atoms with Crippen LogP contribution >= 0.6 is 0 Å². The van der Waals surface area contributed by atoms with Crippen LogP contribution in [0.4, 0.5) is 0 Å². The van der Waals surface area contributed by atoms with E-state index in [0.29, 0.717) is 11.7 Å². The van der Waals surface area contributed by atoms with E-state index in [2.05, 4.69) is 10.6 Å². The molecule has 1 heterocycles. The lowest BCUT2D eigenvalue weighted by atomic mass is 10.0. The zero-order chi connectivity index (χ0) is 19.1. The Balaban J connectivity index is 1.87. The van der Waals surface area contributed by atoms with Crippen LogP contribution in [0.25, 0.3) is 0 Å². The molecule has 144 valence electrons. The van der Waals surface area contributed by atoms with Crippen molar-refractivity contribution >= 4 is 11.8 Å². The number of aryl methyl sites for hydroxylation is 1. The third-order valence-electron chi connectivity index (χ3n) is 4.88.